The zero-order chi connectivity index (χ0) is 14.4. The van der Waals surface area contributed by atoms with E-state index in [1.807, 2.05) is 0 Å². The van der Waals surface area contributed by atoms with Gasteiger partial charge in [0.25, 0.3) is 0 Å². The van der Waals surface area contributed by atoms with Crippen molar-refractivity contribution in [1.82, 2.24) is 5.32 Å². The Bertz CT molecular complexity index is 482. The van der Waals surface area contributed by atoms with Crippen molar-refractivity contribution in [3.05, 3.63) is 24.3 Å². The Labute approximate surface area is 118 Å². The first-order valence-corrected chi connectivity index (χ1v) is 6.95. The summed E-state index contributed by atoms with van der Waals surface area (Å²) in [6.45, 7) is 0. The maximum atomic E-state index is 11.8. The van der Waals surface area contributed by atoms with Gasteiger partial charge in [0, 0.05) is 17.8 Å². The van der Waals surface area contributed by atoms with Gasteiger partial charge in [-0.05, 0) is 25.0 Å². The van der Waals surface area contributed by atoms with E-state index < -0.39 is 11.8 Å². The van der Waals surface area contributed by atoms with E-state index in [1.165, 1.54) is 6.42 Å². The number of ether oxygens (including phenoxy) is 1. The average Bonchev–Trinajstić information content (AvgIpc) is 2.48. The van der Waals surface area contributed by atoms with Gasteiger partial charge in [-0.2, -0.15) is 0 Å². The lowest BCUT2D eigenvalue weighted by atomic mass is 9.95. The van der Waals surface area contributed by atoms with Crippen molar-refractivity contribution >= 4 is 17.5 Å². The molecule has 5 nitrogen and oxygen atoms in total. The molecule has 0 aromatic heterocycles. The molecule has 2 amide bonds. The number of hydrogen-bond acceptors (Lipinski definition) is 3. The summed E-state index contributed by atoms with van der Waals surface area (Å²) in [7, 11) is 1.55. The Kier molecular flexibility index (Phi) is 4.98. The van der Waals surface area contributed by atoms with Gasteiger partial charge in [0.05, 0.1) is 7.11 Å². The first-order valence-electron chi connectivity index (χ1n) is 6.95. The van der Waals surface area contributed by atoms with Crippen LogP contribution in [0.25, 0.3) is 0 Å². The number of carbonyl (C=O) groups excluding carboxylic acids is 2. The van der Waals surface area contributed by atoms with Gasteiger partial charge in [0.2, 0.25) is 0 Å². The van der Waals surface area contributed by atoms with Gasteiger partial charge in [-0.1, -0.05) is 25.3 Å². The molecule has 0 radical (unpaired) electrons. The molecule has 0 bridgehead atoms. The molecule has 1 aromatic rings. The van der Waals surface area contributed by atoms with Gasteiger partial charge in [0.1, 0.15) is 5.75 Å². The molecule has 2 rings (SSSR count). The molecule has 0 heterocycles. The molecule has 1 aliphatic carbocycles. The third kappa shape index (κ3) is 3.98. The molecular formula is C15H20N2O3. The highest BCUT2D eigenvalue weighted by Gasteiger charge is 2.20. The van der Waals surface area contributed by atoms with Crippen LogP contribution in [-0.4, -0.2) is 25.0 Å². The Balaban J connectivity index is 1.88. The molecular weight excluding hydrogens is 256 g/mol. The zero-order valence-corrected chi connectivity index (χ0v) is 11.6. The molecule has 0 unspecified atom stereocenters. The second kappa shape index (κ2) is 6.93. The van der Waals surface area contributed by atoms with E-state index in [2.05, 4.69) is 10.6 Å². The molecule has 0 saturated heterocycles. The monoisotopic (exact) mass is 276 g/mol. The van der Waals surface area contributed by atoms with Crippen molar-refractivity contribution in [2.24, 2.45) is 0 Å². The van der Waals surface area contributed by atoms with Crippen LogP contribution in [0.1, 0.15) is 32.1 Å². The van der Waals surface area contributed by atoms with Crippen molar-refractivity contribution in [3.63, 3.8) is 0 Å². The maximum Gasteiger partial charge on any atom is 0.313 e. The summed E-state index contributed by atoms with van der Waals surface area (Å²) >= 11 is 0. The molecule has 1 fully saturated rings. The van der Waals surface area contributed by atoms with Crippen LogP contribution in [0.5, 0.6) is 5.75 Å². The normalized spacial score (nSPS) is 15.4. The van der Waals surface area contributed by atoms with Gasteiger partial charge in [0.15, 0.2) is 0 Å². The largest absolute Gasteiger partial charge is 0.497 e. The Morgan fingerprint density at radius 1 is 1.15 bits per heavy atom. The lowest BCUT2D eigenvalue weighted by Crippen LogP contribution is -2.42. The second-order valence-electron chi connectivity index (χ2n) is 4.99. The SMILES string of the molecule is COc1cccc(NC(=O)C(=O)NC2CCCCC2)c1. The van der Waals surface area contributed by atoms with E-state index in [4.69, 9.17) is 4.74 Å². The number of nitrogens with one attached hydrogen (secondary N) is 2. The molecule has 20 heavy (non-hydrogen) atoms. The summed E-state index contributed by atoms with van der Waals surface area (Å²) in [5, 5.41) is 5.36. The average molecular weight is 276 g/mol. The van der Waals surface area contributed by atoms with Gasteiger partial charge in [-0.25, -0.2) is 0 Å². The summed E-state index contributed by atoms with van der Waals surface area (Å²) in [5.74, 6) is -0.570. The summed E-state index contributed by atoms with van der Waals surface area (Å²) < 4.78 is 5.07. The second-order valence-corrected chi connectivity index (χ2v) is 4.99. The summed E-state index contributed by atoms with van der Waals surface area (Å²) in [6.07, 6.45) is 5.35. The van der Waals surface area contributed by atoms with Gasteiger partial charge in [-0.15, -0.1) is 0 Å². The van der Waals surface area contributed by atoms with E-state index >= 15 is 0 Å². The number of carbonyl (C=O) groups is 2. The fraction of sp³-hybridized carbons (Fsp3) is 0.467. The van der Waals surface area contributed by atoms with Crippen LogP contribution in [-0.2, 0) is 9.59 Å². The first kappa shape index (κ1) is 14.4. The Morgan fingerprint density at radius 3 is 2.60 bits per heavy atom. The topological polar surface area (TPSA) is 67.4 Å². The predicted octanol–water partition coefficient (Wildman–Crippen LogP) is 2.08. The molecule has 1 saturated carbocycles. The highest BCUT2D eigenvalue weighted by molar-refractivity contribution is 6.39. The van der Waals surface area contributed by atoms with Crippen LogP contribution >= 0.6 is 0 Å². The standard InChI is InChI=1S/C15H20N2O3/c1-20-13-9-5-8-12(10-13)17-15(19)14(18)16-11-6-3-2-4-7-11/h5,8-11H,2-4,6-7H2,1H3,(H,16,18)(H,17,19). The van der Waals surface area contributed by atoms with E-state index in [-0.39, 0.29) is 6.04 Å². The van der Waals surface area contributed by atoms with Crippen molar-refractivity contribution in [2.45, 2.75) is 38.1 Å². The molecule has 1 aliphatic rings. The van der Waals surface area contributed by atoms with Crippen molar-refractivity contribution in [3.8, 4) is 5.75 Å². The van der Waals surface area contributed by atoms with Crippen LogP contribution in [0.4, 0.5) is 5.69 Å². The highest BCUT2D eigenvalue weighted by atomic mass is 16.5. The number of amides is 2. The highest BCUT2D eigenvalue weighted by Crippen LogP contribution is 2.18. The van der Waals surface area contributed by atoms with Crippen LogP contribution in [0.3, 0.4) is 0 Å². The summed E-state index contributed by atoms with van der Waals surface area (Å²) in [4.78, 5) is 23.6. The molecule has 0 atom stereocenters. The minimum atomic E-state index is -0.635. The maximum absolute atomic E-state index is 11.8. The van der Waals surface area contributed by atoms with Gasteiger partial charge < -0.3 is 15.4 Å². The Hall–Kier alpha value is -2.04. The molecule has 5 heteroatoms. The Morgan fingerprint density at radius 2 is 1.90 bits per heavy atom. The fourth-order valence-electron chi connectivity index (χ4n) is 2.39. The lowest BCUT2D eigenvalue weighted by Gasteiger charge is -2.22. The van der Waals surface area contributed by atoms with E-state index in [0.717, 1.165) is 25.7 Å². The third-order valence-electron chi connectivity index (χ3n) is 3.47. The third-order valence-corrected chi connectivity index (χ3v) is 3.47. The lowest BCUT2D eigenvalue weighted by molar-refractivity contribution is -0.136. The number of rotatable bonds is 3. The first-order chi connectivity index (χ1) is 9.69. The number of methoxy groups -OCH3 is 1. The van der Waals surface area contributed by atoms with Crippen molar-refractivity contribution in [2.75, 3.05) is 12.4 Å². The zero-order valence-electron chi connectivity index (χ0n) is 11.6. The van der Waals surface area contributed by atoms with Crippen molar-refractivity contribution < 1.29 is 14.3 Å². The van der Waals surface area contributed by atoms with E-state index in [9.17, 15) is 9.59 Å². The molecule has 2 N–H and O–H groups in total. The number of hydrogen-bond donors (Lipinski definition) is 2. The molecule has 0 aliphatic heterocycles. The number of anilines is 1. The predicted molar refractivity (Wildman–Crippen MR) is 76.6 cm³/mol. The summed E-state index contributed by atoms with van der Waals surface area (Å²) in [5.41, 5.74) is 0.549. The molecule has 0 spiro atoms. The van der Waals surface area contributed by atoms with Crippen LogP contribution in [0, 0.1) is 0 Å². The number of benzene rings is 1. The minimum Gasteiger partial charge on any atom is -0.497 e. The van der Waals surface area contributed by atoms with Crippen LogP contribution in [0.15, 0.2) is 24.3 Å². The van der Waals surface area contributed by atoms with Gasteiger partial charge >= 0.3 is 11.8 Å². The minimum absolute atomic E-state index is 0.132. The quantitative estimate of drug-likeness (QED) is 0.831. The smallest absolute Gasteiger partial charge is 0.313 e. The fourth-order valence-corrected chi connectivity index (χ4v) is 2.39. The van der Waals surface area contributed by atoms with Gasteiger partial charge in [-0.3, -0.25) is 9.59 Å². The van der Waals surface area contributed by atoms with Crippen LogP contribution in [0.2, 0.25) is 0 Å². The summed E-state index contributed by atoms with van der Waals surface area (Å²) in [6, 6.07) is 7.05. The molecule has 108 valence electrons. The van der Waals surface area contributed by atoms with Crippen LogP contribution < -0.4 is 15.4 Å². The molecule has 1 aromatic carbocycles. The van der Waals surface area contributed by atoms with Crippen molar-refractivity contribution in [1.29, 1.82) is 0 Å². The van der Waals surface area contributed by atoms with E-state index in [1.54, 1.807) is 31.4 Å². The van der Waals surface area contributed by atoms with E-state index in [0.29, 0.717) is 11.4 Å².